The van der Waals surface area contributed by atoms with Gasteiger partial charge in [-0.2, -0.15) is 4.31 Å². The van der Waals surface area contributed by atoms with Crippen LogP contribution in [0.3, 0.4) is 0 Å². The van der Waals surface area contributed by atoms with Gasteiger partial charge in [0.15, 0.2) is 5.13 Å². The van der Waals surface area contributed by atoms with Crippen LogP contribution in [0, 0.1) is 0 Å². The van der Waals surface area contributed by atoms with Gasteiger partial charge in [-0.05, 0) is 82.7 Å². The standard InChI is InChI=1S/C27H36N4O4S2.ClH/c1-5-21-10-6-7-19-31(21)37(33,34)22-15-13-20(14-16-22)26(32)30(18-9-17-29(2)3)27-28-25-23(35-4)11-8-12-24(25)36-27;/h8,11-16,21H,5-7,9-10,17-19H2,1-4H3;1H. The molecule has 208 valence electrons. The Kier molecular flexibility index (Phi) is 10.5. The number of rotatable bonds is 10. The average Bonchev–Trinajstić information content (AvgIpc) is 3.34. The number of methoxy groups -OCH3 is 1. The van der Waals surface area contributed by atoms with Gasteiger partial charge in [-0.1, -0.05) is 30.7 Å². The Morgan fingerprint density at radius 1 is 1.13 bits per heavy atom. The second-order valence-corrected chi connectivity index (χ2v) is 12.5. The molecular formula is C27H37ClN4O4S2. The number of hydrogen-bond acceptors (Lipinski definition) is 7. The molecule has 0 radical (unpaired) electrons. The summed E-state index contributed by atoms with van der Waals surface area (Å²) < 4.78 is 34.8. The number of nitrogens with zero attached hydrogens (tertiary/aromatic N) is 4. The Bertz CT molecular complexity index is 1330. The second kappa shape index (κ2) is 13.2. The van der Waals surface area contributed by atoms with Crippen molar-refractivity contribution in [1.82, 2.24) is 14.2 Å². The maximum atomic E-state index is 13.7. The summed E-state index contributed by atoms with van der Waals surface area (Å²) in [7, 11) is 2.00. The van der Waals surface area contributed by atoms with E-state index in [2.05, 4.69) is 4.90 Å². The molecule has 1 saturated heterocycles. The van der Waals surface area contributed by atoms with Gasteiger partial charge in [0, 0.05) is 24.7 Å². The first kappa shape index (κ1) is 30.3. The molecule has 11 heteroatoms. The lowest BCUT2D eigenvalue weighted by Gasteiger charge is -2.34. The summed E-state index contributed by atoms with van der Waals surface area (Å²) in [6, 6.07) is 12.1. The molecule has 8 nitrogen and oxygen atoms in total. The summed E-state index contributed by atoms with van der Waals surface area (Å²) in [5, 5.41) is 0.596. The third-order valence-electron chi connectivity index (χ3n) is 6.81. The second-order valence-electron chi connectivity index (χ2n) is 9.62. The molecule has 0 N–H and O–H groups in total. The van der Waals surface area contributed by atoms with Gasteiger partial charge in [0.05, 0.1) is 16.7 Å². The Labute approximate surface area is 236 Å². The van der Waals surface area contributed by atoms with Gasteiger partial charge in [-0.3, -0.25) is 9.69 Å². The molecule has 0 spiro atoms. The van der Waals surface area contributed by atoms with Crippen molar-refractivity contribution in [3.63, 3.8) is 0 Å². The topological polar surface area (TPSA) is 83.1 Å². The molecule has 1 aromatic heterocycles. The first-order valence-corrected chi connectivity index (χ1v) is 15.0. The molecule has 1 unspecified atom stereocenters. The summed E-state index contributed by atoms with van der Waals surface area (Å²) in [6.45, 7) is 3.89. The SMILES string of the molecule is CCC1CCCCN1S(=O)(=O)c1ccc(C(=O)N(CCCN(C)C)c2nc3c(OC)cccc3s2)cc1.Cl. The molecule has 1 aliphatic heterocycles. The third kappa shape index (κ3) is 6.48. The molecule has 4 rings (SSSR count). The largest absolute Gasteiger partial charge is 0.494 e. The van der Waals surface area contributed by atoms with Crippen LogP contribution < -0.4 is 9.64 Å². The fraction of sp³-hybridized carbons (Fsp3) is 0.481. The summed E-state index contributed by atoms with van der Waals surface area (Å²) in [5.41, 5.74) is 1.16. The minimum absolute atomic E-state index is 0. The predicted octanol–water partition coefficient (Wildman–Crippen LogP) is 5.28. The molecule has 1 fully saturated rings. The number of piperidine rings is 1. The van der Waals surface area contributed by atoms with Crippen LogP contribution >= 0.6 is 23.7 Å². The molecule has 0 saturated carbocycles. The zero-order chi connectivity index (χ0) is 26.6. The molecule has 0 aliphatic carbocycles. The van der Waals surface area contributed by atoms with Crippen LogP contribution in [0.1, 0.15) is 49.4 Å². The van der Waals surface area contributed by atoms with Crippen molar-refractivity contribution >= 4 is 55.0 Å². The predicted molar refractivity (Wildman–Crippen MR) is 157 cm³/mol. The first-order valence-electron chi connectivity index (χ1n) is 12.8. The highest BCUT2D eigenvalue weighted by molar-refractivity contribution is 7.89. The van der Waals surface area contributed by atoms with Crippen molar-refractivity contribution in [2.45, 2.75) is 50.0 Å². The quantitative estimate of drug-likeness (QED) is 0.324. The van der Waals surface area contributed by atoms with Crippen molar-refractivity contribution < 1.29 is 17.9 Å². The monoisotopic (exact) mass is 580 g/mol. The van der Waals surface area contributed by atoms with Crippen LogP contribution in [-0.2, 0) is 10.0 Å². The normalized spacial score (nSPS) is 16.4. The number of para-hydroxylation sites is 1. The maximum absolute atomic E-state index is 13.7. The molecule has 1 aliphatic rings. The highest BCUT2D eigenvalue weighted by atomic mass is 35.5. The molecule has 1 atom stereocenters. The molecule has 38 heavy (non-hydrogen) atoms. The number of benzene rings is 2. The van der Waals surface area contributed by atoms with E-state index in [0.29, 0.717) is 29.5 Å². The van der Waals surface area contributed by atoms with E-state index in [9.17, 15) is 13.2 Å². The smallest absolute Gasteiger partial charge is 0.260 e. The molecule has 2 aromatic carbocycles. The van der Waals surface area contributed by atoms with Gasteiger partial charge in [0.1, 0.15) is 11.3 Å². The zero-order valence-electron chi connectivity index (χ0n) is 22.4. The first-order chi connectivity index (χ1) is 17.8. The van der Waals surface area contributed by atoms with Gasteiger partial charge in [-0.25, -0.2) is 13.4 Å². The fourth-order valence-electron chi connectivity index (χ4n) is 4.78. The van der Waals surface area contributed by atoms with Crippen molar-refractivity contribution in [3.05, 3.63) is 48.0 Å². The lowest BCUT2D eigenvalue weighted by atomic mass is 10.0. The molecular weight excluding hydrogens is 544 g/mol. The van der Waals surface area contributed by atoms with E-state index in [1.807, 2.05) is 39.2 Å². The lowest BCUT2D eigenvalue weighted by molar-refractivity contribution is 0.0986. The Hall–Kier alpha value is -2.24. The Morgan fingerprint density at radius 2 is 1.87 bits per heavy atom. The van der Waals surface area contributed by atoms with Crippen molar-refractivity contribution in [1.29, 1.82) is 0 Å². The van der Waals surface area contributed by atoms with Gasteiger partial charge < -0.3 is 9.64 Å². The van der Waals surface area contributed by atoms with Gasteiger partial charge in [0.2, 0.25) is 10.0 Å². The third-order valence-corrected chi connectivity index (χ3v) is 9.82. The van der Waals surface area contributed by atoms with Gasteiger partial charge in [0.25, 0.3) is 5.91 Å². The number of hydrogen-bond donors (Lipinski definition) is 0. The fourth-order valence-corrected chi connectivity index (χ4v) is 7.55. The summed E-state index contributed by atoms with van der Waals surface area (Å²) in [6.07, 6.45) is 4.39. The number of aromatic nitrogens is 1. The van der Waals surface area contributed by atoms with Gasteiger partial charge >= 0.3 is 0 Å². The molecule has 2 heterocycles. The lowest BCUT2D eigenvalue weighted by Crippen LogP contribution is -2.43. The highest BCUT2D eigenvalue weighted by Crippen LogP contribution is 2.35. The number of thiazole rings is 1. The highest BCUT2D eigenvalue weighted by Gasteiger charge is 2.32. The maximum Gasteiger partial charge on any atom is 0.260 e. The van der Waals surface area contributed by atoms with Crippen LogP contribution in [0.5, 0.6) is 5.75 Å². The van der Waals surface area contributed by atoms with E-state index in [4.69, 9.17) is 9.72 Å². The molecule has 0 bridgehead atoms. The van der Waals surface area contributed by atoms with E-state index in [0.717, 1.165) is 48.9 Å². The Morgan fingerprint density at radius 3 is 2.53 bits per heavy atom. The number of anilines is 1. The van der Waals surface area contributed by atoms with Crippen LogP contribution in [0.2, 0.25) is 0 Å². The number of amides is 1. The number of sulfonamides is 1. The zero-order valence-corrected chi connectivity index (χ0v) is 24.9. The van der Waals surface area contributed by atoms with E-state index >= 15 is 0 Å². The van der Waals surface area contributed by atoms with E-state index < -0.39 is 10.0 Å². The van der Waals surface area contributed by atoms with Crippen molar-refractivity contribution in [2.75, 3.05) is 45.7 Å². The van der Waals surface area contributed by atoms with E-state index in [1.165, 1.54) is 11.3 Å². The number of carbonyl (C=O) groups is 1. The Balaban J connectivity index is 0.00000400. The number of ether oxygens (including phenoxy) is 1. The van der Waals surface area contributed by atoms with Crippen LogP contribution in [0.15, 0.2) is 47.4 Å². The van der Waals surface area contributed by atoms with Gasteiger partial charge in [-0.15, -0.1) is 12.4 Å². The molecule has 3 aromatic rings. The van der Waals surface area contributed by atoms with Crippen LogP contribution in [0.4, 0.5) is 5.13 Å². The molecule has 1 amide bonds. The average molecular weight is 581 g/mol. The summed E-state index contributed by atoms with van der Waals surface area (Å²) in [4.78, 5) is 22.4. The van der Waals surface area contributed by atoms with Crippen LogP contribution in [-0.4, -0.2) is 75.4 Å². The number of halogens is 1. The summed E-state index contributed by atoms with van der Waals surface area (Å²) in [5.74, 6) is 0.462. The minimum Gasteiger partial charge on any atom is -0.494 e. The number of fused-ring (bicyclic) bond motifs is 1. The van der Waals surface area contributed by atoms with Crippen LogP contribution in [0.25, 0.3) is 10.2 Å². The minimum atomic E-state index is -3.61. The van der Waals surface area contributed by atoms with Crippen molar-refractivity contribution in [2.24, 2.45) is 0 Å². The number of carbonyl (C=O) groups excluding carboxylic acids is 1. The van der Waals surface area contributed by atoms with E-state index in [1.54, 1.807) is 40.6 Å². The van der Waals surface area contributed by atoms with Crippen molar-refractivity contribution in [3.8, 4) is 5.75 Å². The van der Waals surface area contributed by atoms with E-state index in [-0.39, 0.29) is 29.3 Å². The summed E-state index contributed by atoms with van der Waals surface area (Å²) >= 11 is 1.44.